The van der Waals surface area contributed by atoms with Crippen LogP contribution < -0.4 is 18.9 Å². The highest BCUT2D eigenvalue weighted by molar-refractivity contribution is 5.82. The number of nitrogens with zero attached hydrogens (tertiary/aromatic N) is 4. The Kier molecular flexibility index (Phi) is 5.10. The molecule has 0 amide bonds. The molecule has 2 aromatic carbocycles. The Hall–Kier alpha value is -3.88. The molecule has 4 rings (SSSR count). The second-order valence-corrected chi connectivity index (χ2v) is 6.00. The number of aromatic amines is 1. The Labute approximate surface area is 166 Å². The van der Waals surface area contributed by atoms with Crippen molar-refractivity contribution in [3.05, 3.63) is 48.5 Å². The van der Waals surface area contributed by atoms with E-state index >= 15 is 0 Å². The smallest absolute Gasteiger partial charge is 0.224 e. The van der Waals surface area contributed by atoms with Gasteiger partial charge in [0, 0.05) is 5.56 Å². The van der Waals surface area contributed by atoms with Gasteiger partial charge in [-0.2, -0.15) is 5.10 Å². The van der Waals surface area contributed by atoms with Crippen LogP contribution in [0.25, 0.3) is 22.3 Å². The summed E-state index contributed by atoms with van der Waals surface area (Å²) in [5, 5.41) is 7.98. The highest BCUT2D eigenvalue weighted by atomic mass is 16.5. The number of rotatable bonds is 7. The van der Waals surface area contributed by atoms with Crippen molar-refractivity contribution in [1.82, 2.24) is 25.1 Å². The molecule has 4 aromatic rings. The molecule has 9 nitrogen and oxygen atoms in total. The number of H-pyrrole nitrogens is 1. The Morgan fingerprint density at radius 3 is 2.41 bits per heavy atom. The molecule has 0 aliphatic heterocycles. The summed E-state index contributed by atoms with van der Waals surface area (Å²) in [6.45, 7) is 0.179. The van der Waals surface area contributed by atoms with Crippen molar-refractivity contribution in [2.24, 2.45) is 0 Å². The van der Waals surface area contributed by atoms with Gasteiger partial charge in [-0.1, -0.05) is 12.1 Å². The molecule has 0 unspecified atom stereocenters. The van der Waals surface area contributed by atoms with Crippen molar-refractivity contribution in [3.8, 4) is 34.5 Å². The van der Waals surface area contributed by atoms with Crippen LogP contribution >= 0.6 is 0 Å². The van der Waals surface area contributed by atoms with Crippen molar-refractivity contribution in [2.75, 3.05) is 21.3 Å². The summed E-state index contributed by atoms with van der Waals surface area (Å²) in [5.74, 6) is 3.08. The molecule has 2 heterocycles. The first-order chi connectivity index (χ1) is 14.2. The van der Waals surface area contributed by atoms with Crippen LogP contribution in [-0.4, -0.2) is 46.5 Å². The van der Waals surface area contributed by atoms with E-state index < -0.39 is 0 Å². The molecule has 0 fully saturated rings. The van der Waals surface area contributed by atoms with Crippen LogP contribution in [0, 0.1) is 0 Å². The van der Waals surface area contributed by atoms with E-state index in [2.05, 4.69) is 25.1 Å². The molecule has 0 radical (unpaired) electrons. The van der Waals surface area contributed by atoms with Crippen LogP contribution in [0.1, 0.15) is 5.82 Å². The summed E-state index contributed by atoms with van der Waals surface area (Å²) in [4.78, 5) is 12.9. The third kappa shape index (κ3) is 3.62. The standard InChI is InChI=1S/C20H19N5O4/c1-26-15-8-12(9-16(27-2)18(15)28-3)19-23-17(24-25-19)10-29-20-13-6-4-5-7-14(13)21-11-22-20/h4-9,11H,10H2,1-3H3,(H,23,24,25). The lowest BCUT2D eigenvalue weighted by Crippen LogP contribution is -2.00. The Morgan fingerprint density at radius 1 is 0.931 bits per heavy atom. The van der Waals surface area contributed by atoms with E-state index in [1.807, 2.05) is 24.3 Å². The molecule has 0 aliphatic carbocycles. The molecule has 0 aliphatic rings. The summed E-state index contributed by atoms with van der Waals surface area (Å²) in [7, 11) is 4.67. The second-order valence-electron chi connectivity index (χ2n) is 6.00. The van der Waals surface area contributed by atoms with Crippen LogP contribution in [-0.2, 0) is 6.61 Å². The van der Waals surface area contributed by atoms with Crippen LogP contribution in [0.5, 0.6) is 23.1 Å². The van der Waals surface area contributed by atoms with Crippen LogP contribution in [0.4, 0.5) is 0 Å². The first-order valence-electron chi connectivity index (χ1n) is 8.77. The van der Waals surface area contributed by atoms with Crippen LogP contribution in [0.15, 0.2) is 42.7 Å². The monoisotopic (exact) mass is 393 g/mol. The predicted molar refractivity (Wildman–Crippen MR) is 105 cm³/mol. The maximum atomic E-state index is 5.83. The minimum Gasteiger partial charge on any atom is -0.493 e. The predicted octanol–water partition coefficient (Wildman–Crippen LogP) is 3.02. The summed E-state index contributed by atoms with van der Waals surface area (Å²) < 4.78 is 21.9. The van der Waals surface area contributed by atoms with Gasteiger partial charge >= 0.3 is 0 Å². The summed E-state index contributed by atoms with van der Waals surface area (Å²) in [6, 6.07) is 11.2. The van der Waals surface area contributed by atoms with Crippen molar-refractivity contribution < 1.29 is 18.9 Å². The number of para-hydroxylation sites is 1. The van der Waals surface area contributed by atoms with Crippen molar-refractivity contribution in [2.45, 2.75) is 6.61 Å². The fourth-order valence-corrected chi connectivity index (χ4v) is 2.93. The van der Waals surface area contributed by atoms with Gasteiger partial charge in [0.15, 0.2) is 23.1 Å². The number of benzene rings is 2. The number of aromatic nitrogens is 5. The van der Waals surface area contributed by atoms with Gasteiger partial charge in [-0.3, -0.25) is 5.10 Å². The van der Waals surface area contributed by atoms with E-state index in [0.717, 1.165) is 16.5 Å². The number of nitrogens with one attached hydrogen (secondary N) is 1. The molecule has 29 heavy (non-hydrogen) atoms. The maximum absolute atomic E-state index is 5.83. The number of hydrogen-bond acceptors (Lipinski definition) is 8. The average molecular weight is 393 g/mol. The van der Waals surface area contributed by atoms with Crippen LogP contribution in [0.2, 0.25) is 0 Å². The number of methoxy groups -OCH3 is 3. The van der Waals surface area contributed by atoms with E-state index in [1.165, 1.54) is 6.33 Å². The highest BCUT2D eigenvalue weighted by Crippen LogP contribution is 2.40. The largest absolute Gasteiger partial charge is 0.493 e. The molecule has 2 aromatic heterocycles. The van der Waals surface area contributed by atoms with Gasteiger partial charge in [-0.15, -0.1) is 0 Å². The quantitative estimate of drug-likeness (QED) is 0.511. The minimum absolute atomic E-state index is 0.179. The fraction of sp³-hybridized carbons (Fsp3) is 0.200. The first kappa shape index (κ1) is 18.5. The minimum atomic E-state index is 0.179. The third-order valence-electron chi connectivity index (χ3n) is 4.31. The molecule has 0 spiro atoms. The third-order valence-corrected chi connectivity index (χ3v) is 4.31. The lowest BCUT2D eigenvalue weighted by atomic mass is 10.1. The summed E-state index contributed by atoms with van der Waals surface area (Å²) >= 11 is 0. The molecule has 0 saturated heterocycles. The zero-order valence-electron chi connectivity index (χ0n) is 16.2. The van der Waals surface area contributed by atoms with Gasteiger partial charge in [0.2, 0.25) is 11.6 Å². The fourth-order valence-electron chi connectivity index (χ4n) is 2.93. The van der Waals surface area contributed by atoms with E-state index in [1.54, 1.807) is 33.5 Å². The van der Waals surface area contributed by atoms with E-state index in [9.17, 15) is 0 Å². The first-order valence-corrected chi connectivity index (χ1v) is 8.77. The maximum Gasteiger partial charge on any atom is 0.224 e. The zero-order chi connectivity index (χ0) is 20.2. The van der Waals surface area contributed by atoms with E-state index in [0.29, 0.717) is 34.8 Å². The summed E-state index contributed by atoms with van der Waals surface area (Å²) in [5.41, 5.74) is 1.53. The van der Waals surface area contributed by atoms with E-state index in [4.69, 9.17) is 18.9 Å². The van der Waals surface area contributed by atoms with Gasteiger partial charge < -0.3 is 18.9 Å². The van der Waals surface area contributed by atoms with Crippen molar-refractivity contribution in [1.29, 1.82) is 0 Å². The van der Waals surface area contributed by atoms with Crippen LogP contribution in [0.3, 0.4) is 0 Å². The number of fused-ring (bicyclic) bond motifs is 1. The Morgan fingerprint density at radius 2 is 1.69 bits per heavy atom. The molecule has 0 bridgehead atoms. The van der Waals surface area contributed by atoms with Crippen molar-refractivity contribution >= 4 is 10.9 Å². The topological polar surface area (TPSA) is 104 Å². The number of hydrogen-bond donors (Lipinski definition) is 1. The van der Waals surface area contributed by atoms with Gasteiger partial charge in [0.25, 0.3) is 0 Å². The molecule has 0 saturated carbocycles. The molecular weight excluding hydrogens is 374 g/mol. The molecule has 0 atom stereocenters. The molecule has 9 heteroatoms. The molecule has 148 valence electrons. The Bertz CT molecular complexity index is 1110. The van der Waals surface area contributed by atoms with E-state index in [-0.39, 0.29) is 6.61 Å². The Balaban J connectivity index is 1.57. The second kappa shape index (κ2) is 8.01. The zero-order valence-corrected chi connectivity index (χ0v) is 16.2. The molecule has 1 N–H and O–H groups in total. The SMILES string of the molecule is COc1cc(-c2n[nH]c(COc3ncnc4ccccc34)n2)cc(OC)c1OC. The molecular formula is C20H19N5O4. The average Bonchev–Trinajstić information content (AvgIpc) is 3.25. The van der Waals surface area contributed by atoms with Gasteiger partial charge in [0.05, 0.1) is 32.2 Å². The van der Waals surface area contributed by atoms with Gasteiger partial charge in [0.1, 0.15) is 12.9 Å². The normalized spacial score (nSPS) is 10.7. The number of ether oxygens (including phenoxy) is 4. The highest BCUT2D eigenvalue weighted by Gasteiger charge is 2.16. The van der Waals surface area contributed by atoms with Crippen molar-refractivity contribution in [3.63, 3.8) is 0 Å². The summed E-state index contributed by atoms with van der Waals surface area (Å²) in [6.07, 6.45) is 1.47. The van der Waals surface area contributed by atoms with Gasteiger partial charge in [-0.25, -0.2) is 15.0 Å². The van der Waals surface area contributed by atoms with Gasteiger partial charge in [-0.05, 0) is 24.3 Å². The lowest BCUT2D eigenvalue weighted by molar-refractivity contribution is 0.288. The lowest BCUT2D eigenvalue weighted by Gasteiger charge is -2.12.